The number of anilines is 1. The minimum Gasteiger partial charge on any atom is -0.379 e. The quantitative estimate of drug-likeness (QED) is 0.608. The normalized spacial score (nSPS) is 20.0. The first-order valence-electron chi connectivity index (χ1n) is 9.99. The fourth-order valence-corrected chi connectivity index (χ4v) is 4.30. The second kappa shape index (κ2) is 8.63. The molecule has 10 heteroatoms. The lowest BCUT2D eigenvalue weighted by Gasteiger charge is -2.33. The van der Waals surface area contributed by atoms with Crippen molar-refractivity contribution in [2.75, 3.05) is 51.3 Å². The molecule has 30 heavy (non-hydrogen) atoms. The zero-order valence-electron chi connectivity index (χ0n) is 17.1. The van der Waals surface area contributed by atoms with Gasteiger partial charge in [-0.3, -0.25) is 4.98 Å². The van der Waals surface area contributed by atoms with Crippen molar-refractivity contribution in [3.63, 3.8) is 0 Å². The standard InChI is InChI=1S/C20H24ClN7O.ClH/c1-13-23-19(27-8-6-26(2)7-9-27)17-20(24-13)28(14-4-10-29-12-14)18(25-17)15-11-22-5-3-16(15)21;/h3,5,11,14H,4,6-10,12H2,1-2H3;1H. The first-order chi connectivity index (χ1) is 14.1. The molecule has 2 aliphatic rings. The van der Waals surface area contributed by atoms with Gasteiger partial charge in [0.1, 0.15) is 11.6 Å². The summed E-state index contributed by atoms with van der Waals surface area (Å²) in [4.78, 5) is 23.5. The number of aromatic nitrogens is 5. The third-order valence-corrected chi connectivity index (χ3v) is 6.05. The molecular weight excluding hydrogens is 425 g/mol. The Bertz CT molecular complexity index is 1040. The van der Waals surface area contributed by atoms with Crippen LogP contribution in [0.4, 0.5) is 5.82 Å². The summed E-state index contributed by atoms with van der Waals surface area (Å²) in [7, 11) is 2.15. The van der Waals surface area contributed by atoms with Crippen LogP contribution >= 0.6 is 24.0 Å². The Morgan fingerprint density at radius 1 is 1.13 bits per heavy atom. The molecule has 0 aliphatic carbocycles. The number of nitrogens with zero attached hydrogens (tertiary/aromatic N) is 7. The molecule has 1 unspecified atom stereocenters. The van der Waals surface area contributed by atoms with E-state index >= 15 is 0 Å². The molecule has 5 rings (SSSR count). The van der Waals surface area contributed by atoms with Crippen LogP contribution < -0.4 is 4.90 Å². The van der Waals surface area contributed by atoms with Gasteiger partial charge in [-0.1, -0.05) is 11.6 Å². The highest BCUT2D eigenvalue weighted by Gasteiger charge is 2.29. The lowest BCUT2D eigenvalue weighted by molar-refractivity contribution is 0.187. The summed E-state index contributed by atoms with van der Waals surface area (Å²) in [6.45, 7) is 7.17. The minimum atomic E-state index is 0. The van der Waals surface area contributed by atoms with Crippen LogP contribution in [-0.4, -0.2) is 75.8 Å². The fourth-order valence-electron chi connectivity index (χ4n) is 4.11. The molecule has 5 heterocycles. The number of ether oxygens (including phenoxy) is 1. The predicted octanol–water partition coefficient (Wildman–Crippen LogP) is 2.99. The van der Waals surface area contributed by atoms with E-state index < -0.39 is 0 Å². The molecular formula is C20H25Cl2N7O. The van der Waals surface area contributed by atoms with Gasteiger partial charge in [-0.2, -0.15) is 0 Å². The zero-order chi connectivity index (χ0) is 20.0. The van der Waals surface area contributed by atoms with E-state index in [0.29, 0.717) is 11.6 Å². The number of aryl methyl sites for hydroxylation is 1. The molecule has 8 nitrogen and oxygen atoms in total. The van der Waals surface area contributed by atoms with Crippen molar-refractivity contribution in [3.8, 4) is 11.4 Å². The Hall–Kier alpha value is -2.00. The van der Waals surface area contributed by atoms with E-state index in [1.807, 2.05) is 6.92 Å². The van der Waals surface area contributed by atoms with Gasteiger partial charge in [0.15, 0.2) is 17.0 Å². The van der Waals surface area contributed by atoms with Gasteiger partial charge in [0.2, 0.25) is 0 Å². The smallest absolute Gasteiger partial charge is 0.166 e. The number of likely N-dealkylation sites (N-methyl/N-ethyl adjacent to an activating group) is 1. The average Bonchev–Trinajstić information content (AvgIpc) is 3.36. The van der Waals surface area contributed by atoms with E-state index in [-0.39, 0.29) is 18.4 Å². The average molecular weight is 450 g/mol. The van der Waals surface area contributed by atoms with Crippen molar-refractivity contribution in [3.05, 3.63) is 29.3 Å². The SMILES string of the molecule is Cc1nc(N2CCN(C)CC2)c2nc(-c3cnccc3Cl)n(C3CCOC3)c2n1.Cl. The van der Waals surface area contributed by atoms with Crippen molar-refractivity contribution in [1.82, 2.24) is 29.4 Å². The van der Waals surface area contributed by atoms with Gasteiger partial charge in [-0.15, -0.1) is 12.4 Å². The van der Waals surface area contributed by atoms with Crippen LogP contribution in [-0.2, 0) is 4.74 Å². The van der Waals surface area contributed by atoms with Gasteiger partial charge >= 0.3 is 0 Å². The largest absolute Gasteiger partial charge is 0.379 e. The maximum Gasteiger partial charge on any atom is 0.166 e. The molecule has 0 saturated carbocycles. The molecule has 160 valence electrons. The number of hydrogen-bond acceptors (Lipinski definition) is 7. The topological polar surface area (TPSA) is 72.2 Å². The Balaban J connectivity index is 0.00000218. The molecule has 0 N–H and O–H groups in total. The van der Waals surface area contributed by atoms with Crippen molar-refractivity contribution in [2.45, 2.75) is 19.4 Å². The van der Waals surface area contributed by atoms with Gasteiger partial charge in [0, 0.05) is 45.2 Å². The van der Waals surface area contributed by atoms with Gasteiger partial charge in [-0.05, 0) is 26.5 Å². The van der Waals surface area contributed by atoms with Crippen LogP contribution in [0.15, 0.2) is 18.5 Å². The zero-order valence-corrected chi connectivity index (χ0v) is 18.7. The molecule has 0 aromatic carbocycles. The highest BCUT2D eigenvalue weighted by atomic mass is 35.5. The molecule has 1 atom stereocenters. The van der Waals surface area contributed by atoms with Crippen molar-refractivity contribution < 1.29 is 4.74 Å². The molecule has 3 aromatic rings. The lowest BCUT2D eigenvalue weighted by atomic mass is 10.2. The first kappa shape index (κ1) is 21.2. The van der Waals surface area contributed by atoms with E-state index in [1.54, 1.807) is 18.5 Å². The molecule has 3 aromatic heterocycles. The number of rotatable bonds is 3. The minimum absolute atomic E-state index is 0. The second-order valence-electron chi connectivity index (χ2n) is 7.74. The summed E-state index contributed by atoms with van der Waals surface area (Å²) in [6, 6.07) is 1.96. The van der Waals surface area contributed by atoms with Crippen LogP contribution in [0.5, 0.6) is 0 Å². The number of imidazole rings is 1. The van der Waals surface area contributed by atoms with E-state index in [0.717, 1.165) is 73.4 Å². The van der Waals surface area contributed by atoms with Gasteiger partial charge in [0.05, 0.1) is 23.2 Å². The summed E-state index contributed by atoms with van der Waals surface area (Å²) in [5, 5.41) is 0.626. The van der Waals surface area contributed by atoms with Crippen LogP contribution in [0.3, 0.4) is 0 Å². The Labute approximate surface area is 186 Å². The molecule has 0 bridgehead atoms. The highest BCUT2D eigenvalue weighted by molar-refractivity contribution is 6.33. The van der Waals surface area contributed by atoms with Crippen molar-refractivity contribution >= 4 is 41.0 Å². The number of hydrogen-bond donors (Lipinski definition) is 0. The van der Waals surface area contributed by atoms with E-state index in [1.165, 1.54) is 0 Å². The Morgan fingerprint density at radius 3 is 2.63 bits per heavy atom. The summed E-state index contributed by atoms with van der Waals surface area (Å²) in [5.74, 6) is 2.43. The monoisotopic (exact) mass is 449 g/mol. The van der Waals surface area contributed by atoms with Crippen LogP contribution in [0.1, 0.15) is 18.3 Å². The molecule has 2 fully saturated rings. The Kier molecular flexibility index (Phi) is 6.11. The molecule has 2 saturated heterocycles. The third kappa shape index (κ3) is 3.73. The van der Waals surface area contributed by atoms with Crippen molar-refractivity contribution in [1.29, 1.82) is 0 Å². The number of halogens is 2. The first-order valence-corrected chi connectivity index (χ1v) is 10.4. The van der Waals surface area contributed by atoms with Gasteiger partial charge in [-0.25, -0.2) is 15.0 Å². The number of pyridine rings is 1. The summed E-state index contributed by atoms with van der Waals surface area (Å²) < 4.78 is 7.86. The van der Waals surface area contributed by atoms with Crippen LogP contribution in [0.2, 0.25) is 5.02 Å². The van der Waals surface area contributed by atoms with E-state index in [4.69, 9.17) is 31.3 Å². The summed E-state index contributed by atoms with van der Waals surface area (Å²) >= 11 is 6.52. The molecule has 0 radical (unpaired) electrons. The maximum atomic E-state index is 6.52. The van der Waals surface area contributed by atoms with E-state index in [9.17, 15) is 0 Å². The maximum absolute atomic E-state index is 6.52. The fraction of sp³-hybridized carbons (Fsp3) is 0.500. The summed E-state index contributed by atoms with van der Waals surface area (Å²) in [5.41, 5.74) is 2.47. The Morgan fingerprint density at radius 2 is 1.93 bits per heavy atom. The van der Waals surface area contributed by atoms with E-state index in [2.05, 4.69) is 26.4 Å². The van der Waals surface area contributed by atoms with Gasteiger partial charge < -0.3 is 19.1 Å². The lowest BCUT2D eigenvalue weighted by Crippen LogP contribution is -2.45. The van der Waals surface area contributed by atoms with Crippen LogP contribution in [0, 0.1) is 6.92 Å². The molecule has 2 aliphatic heterocycles. The molecule has 0 spiro atoms. The highest BCUT2D eigenvalue weighted by Crippen LogP contribution is 2.36. The molecule has 0 amide bonds. The van der Waals surface area contributed by atoms with Gasteiger partial charge in [0.25, 0.3) is 0 Å². The second-order valence-corrected chi connectivity index (χ2v) is 8.14. The number of fused-ring (bicyclic) bond motifs is 1. The summed E-state index contributed by atoms with van der Waals surface area (Å²) in [6.07, 6.45) is 4.38. The number of piperazine rings is 1. The van der Waals surface area contributed by atoms with Crippen molar-refractivity contribution in [2.24, 2.45) is 0 Å². The van der Waals surface area contributed by atoms with Crippen LogP contribution in [0.25, 0.3) is 22.6 Å². The third-order valence-electron chi connectivity index (χ3n) is 5.72. The predicted molar refractivity (Wildman–Crippen MR) is 120 cm³/mol.